The topological polar surface area (TPSA) is 38.5 Å². The first-order chi connectivity index (χ1) is 9.15. The van der Waals surface area contributed by atoms with Crippen LogP contribution in [-0.2, 0) is 0 Å². The molecule has 0 aromatic heterocycles. The van der Waals surface area contributed by atoms with Crippen molar-refractivity contribution in [1.82, 2.24) is 4.90 Å². The lowest BCUT2D eigenvalue weighted by Crippen LogP contribution is -2.19. The van der Waals surface area contributed by atoms with Crippen LogP contribution in [0.2, 0.25) is 0 Å². The van der Waals surface area contributed by atoms with Gasteiger partial charge in [0.15, 0.2) is 0 Å². The smallest absolute Gasteiger partial charge is 0.119 e. The monoisotopic (exact) mass is 256 g/mol. The van der Waals surface area contributed by atoms with Crippen molar-refractivity contribution in [3.63, 3.8) is 0 Å². The van der Waals surface area contributed by atoms with Gasteiger partial charge in [0.2, 0.25) is 0 Å². The lowest BCUT2D eigenvalue weighted by Gasteiger charge is -2.11. The lowest BCUT2D eigenvalue weighted by molar-refractivity contribution is 0.261. The molecule has 0 aliphatic carbocycles. The second-order valence-corrected chi connectivity index (χ2v) is 4.80. The van der Waals surface area contributed by atoms with Crippen LogP contribution in [0.1, 0.15) is 0 Å². The summed E-state index contributed by atoms with van der Waals surface area (Å²) in [5.74, 6) is 0.904. The van der Waals surface area contributed by atoms with Crippen LogP contribution in [0.5, 0.6) is 5.75 Å². The van der Waals surface area contributed by atoms with E-state index in [-0.39, 0.29) is 0 Å². The van der Waals surface area contributed by atoms with Gasteiger partial charge in [0, 0.05) is 12.2 Å². The molecule has 0 fully saturated rings. The van der Waals surface area contributed by atoms with Crippen molar-refractivity contribution in [2.45, 2.75) is 0 Å². The molecule has 0 aliphatic rings. The fraction of sp³-hybridized carbons (Fsp3) is 0.250. The Morgan fingerprint density at radius 1 is 0.895 bits per heavy atom. The first-order valence-electron chi connectivity index (χ1n) is 6.38. The van der Waals surface area contributed by atoms with Gasteiger partial charge in [-0.05, 0) is 49.5 Å². The molecule has 2 rings (SSSR count). The number of hydrogen-bond donors (Lipinski definition) is 1. The molecule has 0 unspecified atom stereocenters. The standard InChI is InChI=1S/C16H20N2O/c1-18(2)11-12-19-16-9-5-14(6-10-16)13-3-7-15(17)8-4-13/h3-10H,11-12,17H2,1-2H3. The molecule has 100 valence electrons. The summed E-state index contributed by atoms with van der Waals surface area (Å²) in [6.07, 6.45) is 0. The second kappa shape index (κ2) is 6.25. The molecule has 0 bridgehead atoms. The number of nitrogens with two attached hydrogens (primary N) is 1. The number of nitrogen functional groups attached to an aromatic ring is 1. The van der Waals surface area contributed by atoms with Crippen LogP contribution in [-0.4, -0.2) is 32.1 Å². The summed E-state index contributed by atoms with van der Waals surface area (Å²) in [5.41, 5.74) is 8.80. The van der Waals surface area contributed by atoms with Crippen LogP contribution in [0, 0.1) is 0 Å². The van der Waals surface area contributed by atoms with Gasteiger partial charge in [-0.25, -0.2) is 0 Å². The van der Waals surface area contributed by atoms with E-state index in [1.54, 1.807) is 0 Å². The largest absolute Gasteiger partial charge is 0.492 e. The van der Waals surface area contributed by atoms with E-state index in [1.165, 1.54) is 5.56 Å². The normalized spacial score (nSPS) is 10.7. The molecule has 0 amide bonds. The van der Waals surface area contributed by atoms with E-state index in [4.69, 9.17) is 10.5 Å². The highest BCUT2D eigenvalue weighted by Gasteiger charge is 1.99. The van der Waals surface area contributed by atoms with Gasteiger partial charge in [-0.3, -0.25) is 0 Å². The number of nitrogens with zero attached hydrogens (tertiary/aromatic N) is 1. The van der Waals surface area contributed by atoms with E-state index in [0.29, 0.717) is 6.61 Å². The maximum atomic E-state index is 5.68. The molecule has 0 aliphatic heterocycles. The predicted molar refractivity (Wildman–Crippen MR) is 80.3 cm³/mol. The summed E-state index contributed by atoms with van der Waals surface area (Å²) in [6.45, 7) is 1.62. The molecule has 0 saturated heterocycles. The van der Waals surface area contributed by atoms with Crippen molar-refractivity contribution in [2.24, 2.45) is 0 Å². The summed E-state index contributed by atoms with van der Waals surface area (Å²) in [7, 11) is 4.07. The maximum absolute atomic E-state index is 5.68. The molecule has 3 heteroatoms. The van der Waals surface area contributed by atoms with Crippen LogP contribution >= 0.6 is 0 Å². The third-order valence-electron chi connectivity index (χ3n) is 2.91. The molecule has 19 heavy (non-hydrogen) atoms. The zero-order valence-electron chi connectivity index (χ0n) is 11.5. The highest BCUT2D eigenvalue weighted by Crippen LogP contribution is 2.23. The minimum atomic E-state index is 0.703. The van der Waals surface area contributed by atoms with Crippen molar-refractivity contribution in [1.29, 1.82) is 0 Å². The van der Waals surface area contributed by atoms with Crippen LogP contribution < -0.4 is 10.5 Å². The Balaban J connectivity index is 2.00. The quantitative estimate of drug-likeness (QED) is 0.836. The van der Waals surface area contributed by atoms with Gasteiger partial charge >= 0.3 is 0 Å². The Morgan fingerprint density at radius 2 is 1.42 bits per heavy atom. The minimum absolute atomic E-state index is 0.703. The zero-order valence-corrected chi connectivity index (χ0v) is 11.5. The predicted octanol–water partition coefficient (Wildman–Crippen LogP) is 2.88. The van der Waals surface area contributed by atoms with Crippen molar-refractivity contribution in [3.8, 4) is 16.9 Å². The van der Waals surface area contributed by atoms with E-state index in [2.05, 4.69) is 17.0 Å². The Morgan fingerprint density at radius 3 is 1.95 bits per heavy atom. The van der Waals surface area contributed by atoms with E-state index >= 15 is 0 Å². The molecule has 0 atom stereocenters. The Labute approximate surface area is 114 Å². The third kappa shape index (κ3) is 4.00. The van der Waals surface area contributed by atoms with Crippen LogP contribution in [0.15, 0.2) is 48.5 Å². The molecule has 0 radical (unpaired) electrons. The van der Waals surface area contributed by atoms with E-state index < -0.39 is 0 Å². The average molecular weight is 256 g/mol. The highest BCUT2D eigenvalue weighted by molar-refractivity contribution is 5.66. The van der Waals surface area contributed by atoms with Gasteiger partial charge in [0.25, 0.3) is 0 Å². The van der Waals surface area contributed by atoms with Gasteiger partial charge in [0.05, 0.1) is 0 Å². The summed E-state index contributed by atoms with van der Waals surface area (Å²) in [4.78, 5) is 2.10. The summed E-state index contributed by atoms with van der Waals surface area (Å²) >= 11 is 0. The first-order valence-corrected chi connectivity index (χ1v) is 6.38. The average Bonchev–Trinajstić information content (AvgIpc) is 2.40. The van der Waals surface area contributed by atoms with Crippen LogP contribution in [0.4, 0.5) is 5.69 Å². The van der Waals surface area contributed by atoms with E-state index in [1.807, 2.05) is 50.5 Å². The summed E-state index contributed by atoms with van der Waals surface area (Å²) < 4.78 is 5.67. The van der Waals surface area contributed by atoms with Gasteiger partial charge < -0.3 is 15.4 Å². The number of rotatable bonds is 5. The van der Waals surface area contributed by atoms with Gasteiger partial charge in [-0.15, -0.1) is 0 Å². The number of benzene rings is 2. The molecule has 2 aromatic carbocycles. The molecular formula is C16H20N2O. The second-order valence-electron chi connectivity index (χ2n) is 4.80. The molecular weight excluding hydrogens is 236 g/mol. The van der Waals surface area contributed by atoms with Gasteiger partial charge in [-0.2, -0.15) is 0 Å². The van der Waals surface area contributed by atoms with Crippen molar-refractivity contribution >= 4 is 5.69 Å². The first kappa shape index (κ1) is 13.4. The Hall–Kier alpha value is -2.00. The summed E-state index contributed by atoms with van der Waals surface area (Å²) in [5, 5.41) is 0. The van der Waals surface area contributed by atoms with Crippen LogP contribution in [0.3, 0.4) is 0 Å². The lowest BCUT2D eigenvalue weighted by atomic mass is 10.1. The molecule has 0 spiro atoms. The summed E-state index contributed by atoms with van der Waals surface area (Å²) in [6, 6.07) is 16.0. The Kier molecular flexibility index (Phi) is 4.42. The highest BCUT2D eigenvalue weighted by atomic mass is 16.5. The number of anilines is 1. The number of likely N-dealkylation sites (N-methyl/N-ethyl adjacent to an activating group) is 1. The fourth-order valence-electron chi connectivity index (χ4n) is 1.77. The fourth-order valence-corrected chi connectivity index (χ4v) is 1.77. The van der Waals surface area contributed by atoms with Crippen molar-refractivity contribution in [2.75, 3.05) is 33.0 Å². The van der Waals surface area contributed by atoms with Crippen molar-refractivity contribution < 1.29 is 4.74 Å². The van der Waals surface area contributed by atoms with E-state index in [9.17, 15) is 0 Å². The molecule has 0 heterocycles. The number of hydrogen-bond acceptors (Lipinski definition) is 3. The maximum Gasteiger partial charge on any atom is 0.119 e. The molecule has 2 aromatic rings. The van der Waals surface area contributed by atoms with Gasteiger partial charge in [0.1, 0.15) is 12.4 Å². The SMILES string of the molecule is CN(C)CCOc1ccc(-c2ccc(N)cc2)cc1. The van der Waals surface area contributed by atoms with E-state index in [0.717, 1.165) is 23.5 Å². The molecule has 3 nitrogen and oxygen atoms in total. The van der Waals surface area contributed by atoms with Gasteiger partial charge in [-0.1, -0.05) is 24.3 Å². The van der Waals surface area contributed by atoms with Crippen LogP contribution in [0.25, 0.3) is 11.1 Å². The van der Waals surface area contributed by atoms with Crippen molar-refractivity contribution in [3.05, 3.63) is 48.5 Å². The number of ether oxygens (including phenoxy) is 1. The Bertz CT molecular complexity index is 503. The zero-order chi connectivity index (χ0) is 13.7. The molecule has 0 saturated carbocycles. The molecule has 2 N–H and O–H groups in total. The third-order valence-corrected chi connectivity index (χ3v) is 2.91. The minimum Gasteiger partial charge on any atom is -0.492 e.